The highest BCUT2D eigenvalue weighted by Gasteiger charge is 2.28. The van der Waals surface area contributed by atoms with Crippen LogP contribution in [0.25, 0.3) is 10.8 Å². The molecule has 0 aliphatic carbocycles. The Morgan fingerprint density at radius 3 is 3.00 bits per heavy atom. The lowest BCUT2D eigenvalue weighted by Crippen LogP contribution is -2.26. The molecule has 0 bridgehead atoms. The maximum atomic E-state index is 12.8. The van der Waals surface area contributed by atoms with E-state index in [0.717, 1.165) is 16.3 Å². The molecule has 3 aromatic rings. The summed E-state index contributed by atoms with van der Waals surface area (Å²) in [4.78, 5) is 21.1. The number of nitrogens with zero attached hydrogens (tertiary/aromatic N) is 2. The number of pyridine rings is 2. The summed E-state index contributed by atoms with van der Waals surface area (Å²) in [6.45, 7) is 0.504. The third kappa shape index (κ3) is 2.67. The summed E-state index contributed by atoms with van der Waals surface area (Å²) < 4.78 is 5.62. The predicted molar refractivity (Wildman–Crippen MR) is 92.5 cm³/mol. The van der Waals surface area contributed by atoms with Crippen LogP contribution in [0.15, 0.2) is 49.1 Å². The van der Waals surface area contributed by atoms with Gasteiger partial charge < -0.3 is 10.1 Å². The molecule has 24 heavy (non-hydrogen) atoms. The second kappa shape index (κ2) is 6.09. The van der Waals surface area contributed by atoms with E-state index in [1.165, 1.54) is 0 Å². The number of carbonyl (C=O) groups excluding carboxylic acids is 1. The number of carbonyl (C=O) groups is 1. The number of amides is 1. The minimum absolute atomic E-state index is 0.0899. The standard InChI is InChI=1S/C18H14ClN3O2/c19-12-1-2-17-15(7-12)14(4-6-24-17)18(23)22-16-10-21-9-11-8-20-5-3-13(11)16/h1-3,5,7-10,14H,4,6H2,(H,22,23)/t14-/m0/s1. The smallest absolute Gasteiger partial charge is 0.232 e. The Kier molecular flexibility index (Phi) is 3.78. The fourth-order valence-corrected chi connectivity index (χ4v) is 3.15. The van der Waals surface area contributed by atoms with Crippen molar-refractivity contribution in [1.29, 1.82) is 0 Å². The topological polar surface area (TPSA) is 64.1 Å². The molecule has 5 nitrogen and oxygen atoms in total. The van der Waals surface area contributed by atoms with Crippen LogP contribution in [0.1, 0.15) is 17.9 Å². The summed E-state index contributed by atoms with van der Waals surface area (Å²) in [5.74, 6) is 0.323. The van der Waals surface area contributed by atoms with Crippen LogP contribution in [0.3, 0.4) is 0 Å². The molecular weight excluding hydrogens is 326 g/mol. The van der Waals surface area contributed by atoms with Crippen molar-refractivity contribution in [3.05, 3.63) is 59.6 Å². The van der Waals surface area contributed by atoms with Crippen LogP contribution in [-0.4, -0.2) is 22.5 Å². The van der Waals surface area contributed by atoms with Gasteiger partial charge in [0.2, 0.25) is 5.91 Å². The number of aromatic nitrogens is 2. The van der Waals surface area contributed by atoms with E-state index in [1.807, 2.05) is 12.1 Å². The first-order valence-electron chi connectivity index (χ1n) is 7.63. The average molecular weight is 340 g/mol. The third-order valence-electron chi connectivity index (χ3n) is 4.15. The molecule has 3 heterocycles. The number of ether oxygens (including phenoxy) is 1. The zero-order valence-electron chi connectivity index (χ0n) is 12.7. The number of hydrogen-bond donors (Lipinski definition) is 1. The van der Waals surface area contributed by atoms with E-state index in [9.17, 15) is 4.79 Å². The highest BCUT2D eigenvalue weighted by Crippen LogP contribution is 2.36. The molecule has 0 radical (unpaired) electrons. The number of hydrogen-bond acceptors (Lipinski definition) is 4. The van der Waals surface area contributed by atoms with Crippen LogP contribution in [0, 0.1) is 0 Å². The van der Waals surface area contributed by atoms with Gasteiger partial charge in [0.1, 0.15) is 5.75 Å². The monoisotopic (exact) mass is 339 g/mol. The SMILES string of the molecule is O=C(Nc1cncc2cnccc12)[C@H]1CCOc2ccc(Cl)cc21. The zero-order valence-corrected chi connectivity index (χ0v) is 13.5. The predicted octanol–water partition coefficient (Wildman–Crippen LogP) is 3.79. The maximum absolute atomic E-state index is 12.8. The molecule has 1 aliphatic rings. The first-order chi connectivity index (χ1) is 11.7. The van der Waals surface area contributed by atoms with Crippen molar-refractivity contribution in [1.82, 2.24) is 9.97 Å². The van der Waals surface area contributed by atoms with Gasteiger partial charge in [0, 0.05) is 39.9 Å². The van der Waals surface area contributed by atoms with Crippen molar-refractivity contribution >= 4 is 34.0 Å². The summed E-state index contributed by atoms with van der Waals surface area (Å²) in [5.41, 5.74) is 1.50. The minimum Gasteiger partial charge on any atom is -0.493 e. The van der Waals surface area contributed by atoms with E-state index in [4.69, 9.17) is 16.3 Å². The van der Waals surface area contributed by atoms with Crippen molar-refractivity contribution in [2.45, 2.75) is 12.3 Å². The molecule has 0 spiro atoms. The maximum Gasteiger partial charge on any atom is 0.232 e. The van der Waals surface area contributed by atoms with Gasteiger partial charge in [-0.15, -0.1) is 0 Å². The van der Waals surface area contributed by atoms with E-state index < -0.39 is 0 Å². The first kappa shape index (κ1) is 14.9. The molecular formula is C18H14ClN3O2. The molecule has 1 atom stereocenters. The summed E-state index contributed by atoms with van der Waals surface area (Å²) >= 11 is 6.08. The largest absolute Gasteiger partial charge is 0.493 e. The third-order valence-corrected chi connectivity index (χ3v) is 4.38. The molecule has 1 amide bonds. The molecule has 120 valence electrons. The number of fused-ring (bicyclic) bond motifs is 2. The van der Waals surface area contributed by atoms with Crippen LogP contribution in [-0.2, 0) is 4.79 Å². The highest BCUT2D eigenvalue weighted by molar-refractivity contribution is 6.30. The average Bonchev–Trinajstić information content (AvgIpc) is 2.61. The fourth-order valence-electron chi connectivity index (χ4n) is 2.97. The van der Waals surface area contributed by atoms with Gasteiger partial charge in [-0.1, -0.05) is 11.6 Å². The Hall–Kier alpha value is -2.66. The van der Waals surface area contributed by atoms with Crippen molar-refractivity contribution in [3.63, 3.8) is 0 Å². The molecule has 0 fully saturated rings. The van der Waals surface area contributed by atoms with Crippen molar-refractivity contribution < 1.29 is 9.53 Å². The Bertz CT molecular complexity index is 924. The van der Waals surface area contributed by atoms with E-state index in [0.29, 0.717) is 29.5 Å². The van der Waals surface area contributed by atoms with E-state index in [1.54, 1.807) is 36.9 Å². The van der Waals surface area contributed by atoms with Crippen LogP contribution in [0.4, 0.5) is 5.69 Å². The van der Waals surface area contributed by atoms with Crippen molar-refractivity contribution in [2.75, 3.05) is 11.9 Å². The van der Waals surface area contributed by atoms with Crippen LogP contribution in [0.2, 0.25) is 5.02 Å². The van der Waals surface area contributed by atoms with Crippen LogP contribution >= 0.6 is 11.6 Å². The van der Waals surface area contributed by atoms with Crippen molar-refractivity contribution in [3.8, 4) is 5.75 Å². The van der Waals surface area contributed by atoms with Gasteiger partial charge in [0.15, 0.2) is 0 Å². The minimum atomic E-state index is -0.301. The second-order valence-corrected chi connectivity index (χ2v) is 6.08. The van der Waals surface area contributed by atoms with Gasteiger partial charge in [-0.25, -0.2) is 0 Å². The second-order valence-electron chi connectivity index (χ2n) is 5.64. The van der Waals surface area contributed by atoms with Gasteiger partial charge >= 0.3 is 0 Å². The lowest BCUT2D eigenvalue weighted by atomic mass is 9.92. The lowest BCUT2D eigenvalue weighted by Gasteiger charge is -2.25. The Morgan fingerprint density at radius 1 is 1.21 bits per heavy atom. The summed E-state index contributed by atoms with van der Waals surface area (Å²) in [5, 5.41) is 5.37. The molecule has 2 aromatic heterocycles. The molecule has 0 saturated heterocycles. The van der Waals surface area contributed by atoms with Gasteiger partial charge in [-0.2, -0.15) is 0 Å². The molecule has 4 rings (SSSR count). The number of benzene rings is 1. The molecule has 0 saturated carbocycles. The normalized spacial score (nSPS) is 16.3. The van der Waals surface area contributed by atoms with Gasteiger partial charge in [-0.05, 0) is 30.7 Å². The Labute approximate surface area is 143 Å². The highest BCUT2D eigenvalue weighted by atomic mass is 35.5. The van der Waals surface area contributed by atoms with E-state index in [2.05, 4.69) is 15.3 Å². The molecule has 6 heteroatoms. The summed E-state index contributed by atoms with van der Waals surface area (Å²) in [6.07, 6.45) is 7.40. The number of rotatable bonds is 2. The Morgan fingerprint density at radius 2 is 2.08 bits per heavy atom. The summed E-state index contributed by atoms with van der Waals surface area (Å²) in [7, 11) is 0. The van der Waals surface area contributed by atoms with Crippen LogP contribution < -0.4 is 10.1 Å². The van der Waals surface area contributed by atoms with Crippen molar-refractivity contribution in [2.24, 2.45) is 0 Å². The number of halogens is 1. The summed E-state index contributed by atoms with van der Waals surface area (Å²) in [6, 6.07) is 7.23. The van der Waals surface area contributed by atoms with E-state index >= 15 is 0 Å². The Balaban J connectivity index is 1.67. The molecule has 0 unspecified atom stereocenters. The molecule has 1 aromatic carbocycles. The molecule has 1 aliphatic heterocycles. The van der Waals surface area contributed by atoms with Gasteiger partial charge in [0.05, 0.1) is 24.4 Å². The lowest BCUT2D eigenvalue weighted by molar-refractivity contribution is -0.118. The number of nitrogens with one attached hydrogen (secondary N) is 1. The van der Waals surface area contributed by atoms with Gasteiger partial charge in [-0.3, -0.25) is 14.8 Å². The molecule has 1 N–H and O–H groups in total. The van der Waals surface area contributed by atoms with Gasteiger partial charge in [0.25, 0.3) is 0 Å². The quantitative estimate of drug-likeness (QED) is 0.771. The first-order valence-corrected chi connectivity index (χ1v) is 8.01. The van der Waals surface area contributed by atoms with E-state index in [-0.39, 0.29) is 11.8 Å². The van der Waals surface area contributed by atoms with Crippen LogP contribution in [0.5, 0.6) is 5.75 Å². The number of anilines is 1. The fraction of sp³-hybridized carbons (Fsp3) is 0.167. The zero-order chi connectivity index (χ0) is 16.5.